The first kappa shape index (κ1) is 12.9. The number of aliphatic hydroxyl groups is 1. The van der Waals surface area contributed by atoms with Crippen LogP contribution in [0.4, 0.5) is 4.79 Å². The molecule has 4 N–H and O–H groups in total. The predicted molar refractivity (Wildman–Crippen MR) is 54.9 cm³/mol. The molecule has 94 valence electrons. The number of urea groups is 1. The van der Waals surface area contributed by atoms with E-state index in [-0.39, 0.29) is 6.54 Å². The van der Waals surface area contributed by atoms with E-state index in [1.807, 2.05) is 0 Å². The van der Waals surface area contributed by atoms with E-state index in [1.165, 1.54) is 11.0 Å². The molecule has 0 radical (unpaired) electrons. The highest BCUT2D eigenvalue weighted by atomic mass is 16.4. The van der Waals surface area contributed by atoms with Gasteiger partial charge in [0.1, 0.15) is 6.33 Å². The molecule has 0 aliphatic carbocycles. The number of aliphatic hydroxyl groups excluding tert-OH is 1. The van der Waals surface area contributed by atoms with Gasteiger partial charge in [0.25, 0.3) is 0 Å². The molecule has 0 spiro atoms. The summed E-state index contributed by atoms with van der Waals surface area (Å²) in [7, 11) is 1.68. The number of hydrogen-bond acceptors (Lipinski definition) is 5. The zero-order valence-electron chi connectivity index (χ0n) is 9.12. The molecule has 1 unspecified atom stereocenters. The lowest BCUT2D eigenvalue weighted by molar-refractivity contribution is -0.140. The van der Waals surface area contributed by atoms with E-state index in [4.69, 9.17) is 10.2 Å². The Labute approximate surface area is 96.5 Å². The predicted octanol–water partition coefficient (Wildman–Crippen LogP) is -1.94. The molecule has 0 saturated heterocycles. The van der Waals surface area contributed by atoms with Crippen molar-refractivity contribution in [1.82, 2.24) is 25.4 Å². The van der Waals surface area contributed by atoms with Gasteiger partial charge in [-0.3, -0.25) is 4.68 Å². The molecule has 9 heteroatoms. The lowest BCUT2D eigenvalue weighted by atomic mass is 10.3. The van der Waals surface area contributed by atoms with Crippen molar-refractivity contribution in [3.63, 3.8) is 0 Å². The van der Waals surface area contributed by atoms with Gasteiger partial charge < -0.3 is 20.8 Å². The summed E-state index contributed by atoms with van der Waals surface area (Å²) in [5.74, 6) is -0.905. The van der Waals surface area contributed by atoms with Gasteiger partial charge >= 0.3 is 12.0 Å². The van der Waals surface area contributed by atoms with E-state index in [0.29, 0.717) is 5.82 Å². The zero-order valence-corrected chi connectivity index (χ0v) is 9.12. The molecule has 17 heavy (non-hydrogen) atoms. The van der Waals surface area contributed by atoms with E-state index in [2.05, 4.69) is 20.7 Å². The van der Waals surface area contributed by atoms with Crippen LogP contribution in [0.1, 0.15) is 5.82 Å². The van der Waals surface area contributed by atoms with Crippen LogP contribution < -0.4 is 10.6 Å². The minimum absolute atomic E-state index is 0.0739. The number of carboxylic acids is 1. The first-order chi connectivity index (χ1) is 8.02. The molecule has 0 aliphatic heterocycles. The van der Waals surface area contributed by atoms with Crippen molar-refractivity contribution >= 4 is 12.0 Å². The van der Waals surface area contributed by atoms with E-state index >= 15 is 0 Å². The number of nitrogens with one attached hydrogen (secondary N) is 2. The van der Waals surface area contributed by atoms with E-state index < -0.39 is 24.6 Å². The summed E-state index contributed by atoms with van der Waals surface area (Å²) in [5.41, 5.74) is 0. The highest BCUT2D eigenvalue weighted by molar-refractivity contribution is 5.82. The Hall–Kier alpha value is -2.16. The molecule has 0 saturated carbocycles. The highest BCUT2D eigenvalue weighted by Crippen LogP contribution is 1.87. The number of carbonyl (C=O) groups excluding carboxylic acids is 1. The van der Waals surface area contributed by atoms with Gasteiger partial charge in [0, 0.05) is 7.05 Å². The number of carbonyl (C=O) groups is 2. The van der Waals surface area contributed by atoms with Gasteiger partial charge in [-0.05, 0) is 0 Å². The molecule has 1 atom stereocenters. The fourth-order valence-corrected chi connectivity index (χ4v) is 1.02. The molecule has 1 aromatic heterocycles. The molecule has 1 aromatic rings. The summed E-state index contributed by atoms with van der Waals surface area (Å²) >= 11 is 0. The molecule has 0 aromatic carbocycles. The maximum atomic E-state index is 11.2. The number of carboxylic acid groups (broad SMARTS) is 1. The Balaban J connectivity index is 2.37. The number of hydrogen-bond donors (Lipinski definition) is 4. The van der Waals surface area contributed by atoms with Crippen LogP contribution in [0.5, 0.6) is 0 Å². The standard InChI is InChI=1S/C8H13N5O4/c1-13-4-10-6(12-13)2-9-8(17)11-5(3-14)7(15)16/h4-5,14H,2-3H2,1H3,(H,15,16)(H2,9,11,17). The van der Waals surface area contributed by atoms with Crippen LogP contribution in [0.3, 0.4) is 0 Å². The maximum Gasteiger partial charge on any atom is 0.328 e. The molecule has 1 heterocycles. The average molecular weight is 243 g/mol. The number of amides is 2. The normalized spacial score (nSPS) is 11.9. The molecule has 9 nitrogen and oxygen atoms in total. The quantitative estimate of drug-likeness (QED) is 0.476. The Kier molecular flexibility index (Phi) is 4.40. The number of aryl methyl sites for hydroxylation is 1. The summed E-state index contributed by atoms with van der Waals surface area (Å²) in [5, 5.41) is 25.6. The second kappa shape index (κ2) is 5.80. The molecule has 0 aliphatic rings. The number of nitrogens with zero attached hydrogens (tertiary/aromatic N) is 3. The third-order valence-electron chi connectivity index (χ3n) is 1.84. The molecule has 0 fully saturated rings. The van der Waals surface area contributed by atoms with E-state index in [1.54, 1.807) is 7.05 Å². The Morgan fingerprint density at radius 1 is 1.59 bits per heavy atom. The summed E-state index contributed by atoms with van der Waals surface area (Å²) in [6.45, 7) is -0.602. The van der Waals surface area contributed by atoms with Crippen molar-refractivity contribution in [1.29, 1.82) is 0 Å². The van der Waals surface area contributed by atoms with Gasteiger partial charge in [-0.1, -0.05) is 0 Å². The van der Waals surface area contributed by atoms with Gasteiger partial charge in [-0.15, -0.1) is 0 Å². The summed E-state index contributed by atoms with van der Waals surface area (Å²) in [4.78, 5) is 25.6. The van der Waals surface area contributed by atoms with Crippen molar-refractivity contribution in [3.8, 4) is 0 Å². The average Bonchev–Trinajstić information content (AvgIpc) is 2.68. The monoisotopic (exact) mass is 243 g/mol. The van der Waals surface area contributed by atoms with Crippen LogP contribution in [0.25, 0.3) is 0 Å². The van der Waals surface area contributed by atoms with Crippen LogP contribution in [0.2, 0.25) is 0 Å². The van der Waals surface area contributed by atoms with Crippen LogP contribution in [0.15, 0.2) is 6.33 Å². The minimum atomic E-state index is -1.33. The largest absolute Gasteiger partial charge is 0.480 e. The van der Waals surface area contributed by atoms with Crippen LogP contribution in [0, 0.1) is 0 Å². The third-order valence-corrected chi connectivity index (χ3v) is 1.84. The Morgan fingerprint density at radius 2 is 2.29 bits per heavy atom. The lowest BCUT2D eigenvalue weighted by Crippen LogP contribution is -2.47. The SMILES string of the molecule is Cn1cnc(CNC(=O)NC(CO)C(=O)O)n1. The van der Waals surface area contributed by atoms with Gasteiger partial charge in [0.15, 0.2) is 11.9 Å². The third kappa shape index (κ3) is 4.07. The Bertz CT molecular complexity index is 404. The van der Waals surface area contributed by atoms with Crippen molar-refractivity contribution in [2.75, 3.05) is 6.61 Å². The molecular weight excluding hydrogens is 230 g/mol. The van der Waals surface area contributed by atoms with Crippen LogP contribution >= 0.6 is 0 Å². The number of aliphatic carboxylic acids is 1. The number of rotatable bonds is 5. The Morgan fingerprint density at radius 3 is 2.76 bits per heavy atom. The van der Waals surface area contributed by atoms with E-state index in [9.17, 15) is 9.59 Å². The van der Waals surface area contributed by atoms with Crippen molar-refractivity contribution in [2.24, 2.45) is 7.05 Å². The fourth-order valence-electron chi connectivity index (χ4n) is 1.02. The molecule has 0 bridgehead atoms. The van der Waals surface area contributed by atoms with E-state index in [0.717, 1.165) is 0 Å². The van der Waals surface area contributed by atoms with Crippen LogP contribution in [-0.4, -0.2) is 49.6 Å². The fraction of sp³-hybridized carbons (Fsp3) is 0.500. The van der Waals surface area contributed by atoms with Gasteiger partial charge in [-0.2, -0.15) is 5.10 Å². The van der Waals surface area contributed by atoms with Crippen molar-refractivity contribution < 1.29 is 19.8 Å². The molecular formula is C8H13N5O4. The molecule has 1 rings (SSSR count). The topological polar surface area (TPSA) is 129 Å². The second-order valence-electron chi connectivity index (χ2n) is 3.23. The smallest absolute Gasteiger partial charge is 0.328 e. The van der Waals surface area contributed by atoms with Gasteiger partial charge in [0.2, 0.25) is 0 Å². The van der Waals surface area contributed by atoms with Crippen LogP contribution in [-0.2, 0) is 18.4 Å². The zero-order chi connectivity index (χ0) is 12.8. The first-order valence-corrected chi connectivity index (χ1v) is 4.75. The minimum Gasteiger partial charge on any atom is -0.480 e. The van der Waals surface area contributed by atoms with Crippen molar-refractivity contribution in [3.05, 3.63) is 12.2 Å². The van der Waals surface area contributed by atoms with Gasteiger partial charge in [-0.25, -0.2) is 14.6 Å². The summed E-state index contributed by atoms with van der Waals surface area (Å²) < 4.78 is 1.47. The summed E-state index contributed by atoms with van der Waals surface area (Å²) in [6.07, 6.45) is 1.47. The highest BCUT2D eigenvalue weighted by Gasteiger charge is 2.18. The lowest BCUT2D eigenvalue weighted by Gasteiger charge is -2.11. The van der Waals surface area contributed by atoms with Crippen molar-refractivity contribution in [2.45, 2.75) is 12.6 Å². The number of aromatic nitrogens is 3. The maximum absolute atomic E-state index is 11.2. The van der Waals surface area contributed by atoms with Gasteiger partial charge in [0.05, 0.1) is 13.2 Å². The summed E-state index contributed by atoms with van der Waals surface area (Å²) in [6, 6.07) is -2.04. The first-order valence-electron chi connectivity index (χ1n) is 4.75. The second-order valence-corrected chi connectivity index (χ2v) is 3.23. The molecule has 2 amide bonds.